The number of amides is 10. The van der Waals surface area contributed by atoms with Crippen LogP contribution in [0.15, 0.2) is 89.9 Å². The fourth-order valence-electron chi connectivity index (χ4n) is 7.93. The van der Waals surface area contributed by atoms with E-state index in [0.29, 0.717) is 23.1 Å². The molecule has 0 aromatic heterocycles. The summed E-state index contributed by atoms with van der Waals surface area (Å²) in [7, 11) is 0. The summed E-state index contributed by atoms with van der Waals surface area (Å²) in [5.74, 6) is -7.77. The number of benzene rings is 3. The molecule has 3 aromatic rings. The van der Waals surface area contributed by atoms with Crippen LogP contribution in [0, 0.1) is 0 Å². The topological polar surface area (TPSA) is 421 Å². The first-order valence-corrected chi connectivity index (χ1v) is 24.3. The SMILES string of the molecule is C[C@@H](NC(=O)[C@@H](N)Cc1ccc(O)cc1)C(=O)NCC(=O)N[C@@H](Cc1ccccc1)C(=O)NCC(=O)N1CCC[C@H]1C(=O)N[C@@H](CCC(N)=O)C(=O)N[C@@H](CCCN=C(N)N)C(=O)N[C@@H](Cc1ccccc1)C(N)=O. The molecule has 10 amide bonds. The summed E-state index contributed by atoms with van der Waals surface area (Å²) < 4.78 is 0. The van der Waals surface area contributed by atoms with Gasteiger partial charge < -0.3 is 75.9 Å². The van der Waals surface area contributed by atoms with Gasteiger partial charge in [-0.15, -0.1) is 0 Å². The molecule has 25 nitrogen and oxygen atoms in total. The second kappa shape index (κ2) is 29.8. The highest BCUT2D eigenvalue weighted by Gasteiger charge is 2.37. The van der Waals surface area contributed by atoms with Gasteiger partial charge in [-0.1, -0.05) is 72.8 Å². The molecule has 1 fully saturated rings. The number of nitrogens with one attached hydrogen (secondary N) is 7. The van der Waals surface area contributed by atoms with Gasteiger partial charge in [0.15, 0.2) is 5.96 Å². The molecule has 3 aromatic carbocycles. The average molecular weight is 1040 g/mol. The summed E-state index contributed by atoms with van der Waals surface area (Å²) in [6, 6.07) is 15.1. The van der Waals surface area contributed by atoms with E-state index in [1.807, 2.05) is 0 Å². The minimum absolute atomic E-state index is 0.0202. The molecule has 75 heavy (non-hydrogen) atoms. The van der Waals surface area contributed by atoms with E-state index in [0.717, 1.165) is 0 Å². The molecular weight excluding hydrogens is 973 g/mol. The van der Waals surface area contributed by atoms with E-state index in [1.165, 1.54) is 24.0 Å². The first-order chi connectivity index (χ1) is 35.7. The summed E-state index contributed by atoms with van der Waals surface area (Å²) in [4.78, 5) is 137. The maximum Gasteiger partial charge on any atom is 0.243 e. The van der Waals surface area contributed by atoms with Gasteiger partial charge >= 0.3 is 0 Å². The standard InChI is InChI=1S/C50H68N14O11/c1-29(59-45(71)34(51)24-32-16-18-33(65)19-17-32)44(70)57-27-41(67)60-38(26-31-12-6-3-7-13-31)46(72)58-28-42(68)64-23-9-15-39(64)49(75)62-36(20-21-40(52)66)48(74)61-35(14-8-22-56-50(54)55)47(73)63-37(43(53)69)25-30-10-4-2-5-11-30/h2-7,10-13,16-19,29,34-39,65H,8-9,14-15,20-28,51H2,1H3,(H2,52,66)(H2,53,69)(H,57,70)(H,58,72)(H,59,71)(H,60,67)(H,61,74)(H,62,75)(H,63,73)(H4,54,55,56)/t29-,34+,35+,36+,37+,38+,39+/m1/s1. The summed E-state index contributed by atoms with van der Waals surface area (Å²) in [5, 5.41) is 27.3. The van der Waals surface area contributed by atoms with Gasteiger partial charge in [0.05, 0.1) is 19.1 Å². The Bertz CT molecular complexity index is 2490. The zero-order valence-electron chi connectivity index (χ0n) is 41.6. The second-order valence-electron chi connectivity index (χ2n) is 17.9. The molecule has 0 radical (unpaired) electrons. The Balaban J connectivity index is 1.38. The van der Waals surface area contributed by atoms with Gasteiger partial charge in [0, 0.05) is 32.4 Å². The third-order valence-electron chi connectivity index (χ3n) is 12.0. The lowest BCUT2D eigenvalue weighted by Crippen LogP contribution is -2.58. The van der Waals surface area contributed by atoms with E-state index < -0.39 is 114 Å². The van der Waals surface area contributed by atoms with Crippen molar-refractivity contribution in [3.05, 3.63) is 102 Å². The predicted molar refractivity (Wildman–Crippen MR) is 274 cm³/mol. The van der Waals surface area contributed by atoms with Crippen LogP contribution < -0.4 is 65.9 Å². The Morgan fingerprint density at radius 3 is 1.77 bits per heavy atom. The Morgan fingerprint density at radius 1 is 0.627 bits per heavy atom. The molecular formula is C50H68N14O11. The second-order valence-corrected chi connectivity index (χ2v) is 17.9. The number of phenolic OH excluding ortho intramolecular Hbond substituents is 1. The quantitative estimate of drug-likeness (QED) is 0.0180. The third kappa shape index (κ3) is 20.4. The van der Waals surface area contributed by atoms with E-state index in [9.17, 15) is 53.1 Å². The number of hydrogen-bond donors (Lipinski definition) is 13. The van der Waals surface area contributed by atoms with E-state index >= 15 is 0 Å². The Hall–Kier alpha value is -8.61. The number of guanidine groups is 1. The van der Waals surface area contributed by atoms with Crippen LogP contribution in [-0.4, -0.2) is 144 Å². The van der Waals surface area contributed by atoms with Gasteiger partial charge in [0.1, 0.15) is 42.0 Å². The maximum absolute atomic E-state index is 13.9. The number of rotatable bonds is 29. The molecule has 1 heterocycles. The summed E-state index contributed by atoms with van der Waals surface area (Å²) >= 11 is 0. The zero-order chi connectivity index (χ0) is 55.0. The number of carbonyl (C=O) groups excluding carboxylic acids is 10. The fraction of sp³-hybridized carbons (Fsp3) is 0.420. The molecule has 404 valence electrons. The van der Waals surface area contributed by atoms with Gasteiger partial charge in [-0.25, -0.2) is 0 Å². The lowest BCUT2D eigenvalue weighted by molar-refractivity contribution is -0.140. The molecule has 25 heteroatoms. The first kappa shape index (κ1) is 59.0. The number of hydrogen-bond acceptors (Lipinski definition) is 13. The van der Waals surface area contributed by atoms with E-state index in [-0.39, 0.29) is 76.2 Å². The minimum atomic E-state index is -1.44. The van der Waals surface area contributed by atoms with Crippen molar-refractivity contribution in [1.29, 1.82) is 0 Å². The number of phenols is 1. The highest BCUT2D eigenvalue weighted by atomic mass is 16.3. The summed E-state index contributed by atoms with van der Waals surface area (Å²) in [5.41, 5.74) is 30.0. The zero-order valence-corrected chi connectivity index (χ0v) is 41.6. The Morgan fingerprint density at radius 2 is 1.19 bits per heavy atom. The van der Waals surface area contributed by atoms with Gasteiger partial charge in [0.25, 0.3) is 0 Å². The van der Waals surface area contributed by atoms with Crippen molar-refractivity contribution in [2.45, 2.75) is 107 Å². The van der Waals surface area contributed by atoms with Crippen LogP contribution in [0.25, 0.3) is 0 Å². The monoisotopic (exact) mass is 1040 g/mol. The van der Waals surface area contributed by atoms with Crippen LogP contribution in [0.5, 0.6) is 5.75 Å². The molecule has 0 spiro atoms. The van der Waals surface area contributed by atoms with Crippen molar-refractivity contribution in [3.63, 3.8) is 0 Å². The Kier molecular flexibility index (Phi) is 23.4. The van der Waals surface area contributed by atoms with E-state index in [1.54, 1.807) is 72.8 Å². The fourth-order valence-corrected chi connectivity index (χ4v) is 7.93. The van der Waals surface area contributed by atoms with Crippen molar-refractivity contribution < 1.29 is 53.1 Å². The molecule has 0 saturated carbocycles. The summed E-state index contributed by atoms with van der Waals surface area (Å²) in [6.07, 6.45) is 0.180. The van der Waals surface area contributed by atoms with Crippen LogP contribution in [0.1, 0.15) is 62.1 Å². The van der Waals surface area contributed by atoms with Gasteiger partial charge in [-0.3, -0.25) is 52.9 Å². The number of aliphatic imine (C=N–C) groups is 1. The molecule has 18 N–H and O–H groups in total. The minimum Gasteiger partial charge on any atom is -0.508 e. The molecule has 0 unspecified atom stereocenters. The molecule has 7 atom stereocenters. The average Bonchev–Trinajstić information content (AvgIpc) is 3.88. The van der Waals surface area contributed by atoms with Crippen molar-refractivity contribution in [2.75, 3.05) is 26.2 Å². The van der Waals surface area contributed by atoms with E-state index in [2.05, 4.69) is 42.2 Å². The van der Waals surface area contributed by atoms with Crippen LogP contribution in [0.2, 0.25) is 0 Å². The number of aromatic hydroxyl groups is 1. The lowest BCUT2D eigenvalue weighted by Gasteiger charge is -2.28. The number of carbonyl (C=O) groups is 10. The molecule has 1 aliphatic rings. The van der Waals surface area contributed by atoms with Crippen LogP contribution in [-0.2, 0) is 67.2 Å². The largest absolute Gasteiger partial charge is 0.508 e. The van der Waals surface area contributed by atoms with E-state index in [4.69, 9.17) is 28.7 Å². The number of primary amides is 2. The highest BCUT2D eigenvalue weighted by molar-refractivity contribution is 5.97. The highest BCUT2D eigenvalue weighted by Crippen LogP contribution is 2.19. The number of likely N-dealkylation sites (tertiary alicyclic amines) is 1. The molecule has 0 bridgehead atoms. The molecule has 0 aliphatic carbocycles. The normalized spacial score (nSPS) is 15.2. The van der Waals surface area contributed by atoms with Crippen LogP contribution in [0.4, 0.5) is 0 Å². The van der Waals surface area contributed by atoms with Crippen LogP contribution >= 0.6 is 0 Å². The van der Waals surface area contributed by atoms with Gasteiger partial charge in [-0.2, -0.15) is 0 Å². The first-order valence-electron chi connectivity index (χ1n) is 24.3. The smallest absolute Gasteiger partial charge is 0.243 e. The summed E-state index contributed by atoms with van der Waals surface area (Å²) in [6.45, 7) is 0.377. The van der Waals surface area contributed by atoms with Crippen LogP contribution in [0.3, 0.4) is 0 Å². The van der Waals surface area contributed by atoms with Gasteiger partial charge in [-0.05, 0) is 74.3 Å². The Labute approximate surface area is 433 Å². The molecule has 1 aliphatic heterocycles. The molecule has 4 rings (SSSR count). The van der Waals surface area contributed by atoms with Crippen molar-refractivity contribution in [3.8, 4) is 5.75 Å². The van der Waals surface area contributed by atoms with Crippen molar-refractivity contribution in [2.24, 2.45) is 33.7 Å². The lowest BCUT2D eigenvalue weighted by atomic mass is 10.0. The maximum atomic E-state index is 13.9. The van der Waals surface area contributed by atoms with Crippen molar-refractivity contribution in [1.82, 2.24) is 42.1 Å². The number of nitrogens with zero attached hydrogens (tertiary/aromatic N) is 2. The van der Waals surface area contributed by atoms with Crippen molar-refractivity contribution >= 4 is 65.0 Å². The predicted octanol–water partition coefficient (Wildman–Crippen LogP) is -3.78. The van der Waals surface area contributed by atoms with Gasteiger partial charge in [0.2, 0.25) is 59.1 Å². The third-order valence-corrected chi connectivity index (χ3v) is 12.0. The number of nitrogens with two attached hydrogens (primary N) is 5. The molecule has 1 saturated heterocycles.